The van der Waals surface area contributed by atoms with Gasteiger partial charge in [-0.05, 0) is 12.1 Å². The van der Waals surface area contributed by atoms with Gasteiger partial charge in [-0.25, -0.2) is 4.79 Å². The summed E-state index contributed by atoms with van der Waals surface area (Å²) in [5, 5.41) is 8.64. The van der Waals surface area contributed by atoms with E-state index in [9.17, 15) is 13.6 Å². The third kappa shape index (κ3) is 2.82. The molecule has 1 unspecified atom stereocenters. The van der Waals surface area contributed by atoms with E-state index in [1.54, 1.807) is 0 Å². The molecule has 0 aliphatic heterocycles. The molecule has 0 aromatic heterocycles. The third-order valence-corrected chi connectivity index (χ3v) is 2.35. The Labute approximate surface area is 92.5 Å². The average Bonchev–Trinajstić information content (AvgIpc) is 2.11. The summed E-state index contributed by atoms with van der Waals surface area (Å²) < 4.78 is 22.7. The molecule has 0 spiro atoms. The van der Waals surface area contributed by atoms with Crippen LogP contribution in [0.5, 0.6) is 0 Å². The Balaban J connectivity index is 3.24. The first kappa shape index (κ1) is 11.8. The Morgan fingerprint density at radius 3 is 2.67 bits per heavy atom. The molecule has 0 amide bonds. The van der Waals surface area contributed by atoms with E-state index in [0.717, 1.165) is 12.1 Å². The summed E-state index contributed by atoms with van der Waals surface area (Å²) in [6.07, 6.45) is 0. The number of benzene rings is 1. The van der Waals surface area contributed by atoms with Gasteiger partial charge in [0.15, 0.2) is 0 Å². The van der Waals surface area contributed by atoms with Crippen LogP contribution in [0.1, 0.15) is 10.4 Å². The SMILES string of the molecule is Nc1cc(C(=O)O)cc(NS(=O)[O-])c1Cl. The summed E-state index contributed by atoms with van der Waals surface area (Å²) in [7, 11) is 0. The van der Waals surface area contributed by atoms with Gasteiger partial charge in [0.1, 0.15) is 0 Å². The number of nitrogens with two attached hydrogens (primary N) is 1. The highest BCUT2D eigenvalue weighted by atomic mass is 35.5. The average molecular weight is 250 g/mol. The van der Waals surface area contributed by atoms with Crippen molar-refractivity contribution in [3.05, 3.63) is 22.7 Å². The topological polar surface area (TPSA) is 115 Å². The molecule has 0 saturated carbocycles. The zero-order valence-corrected chi connectivity index (χ0v) is 8.76. The Kier molecular flexibility index (Phi) is 3.51. The molecule has 0 heterocycles. The van der Waals surface area contributed by atoms with Gasteiger partial charge in [-0.2, -0.15) is 0 Å². The normalized spacial score (nSPS) is 12.1. The third-order valence-electron chi connectivity index (χ3n) is 1.54. The van der Waals surface area contributed by atoms with Gasteiger partial charge in [-0.3, -0.25) is 4.21 Å². The van der Waals surface area contributed by atoms with Crippen molar-refractivity contribution in [2.24, 2.45) is 0 Å². The Hall–Kier alpha value is -1.31. The van der Waals surface area contributed by atoms with E-state index in [-0.39, 0.29) is 22.0 Å². The number of carbonyl (C=O) groups is 1. The lowest BCUT2D eigenvalue weighted by Crippen LogP contribution is -2.06. The number of nitrogen functional groups attached to an aromatic ring is 1. The molecule has 6 nitrogen and oxygen atoms in total. The first-order valence-electron chi connectivity index (χ1n) is 3.60. The molecule has 0 fully saturated rings. The van der Waals surface area contributed by atoms with E-state index >= 15 is 0 Å². The number of nitrogens with one attached hydrogen (secondary N) is 1. The minimum atomic E-state index is -2.59. The molecule has 1 rings (SSSR count). The number of carboxylic acid groups (broad SMARTS) is 1. The van der Waals surface area contributed by atoms with Crippen LogP contribution in [-0.4, -0.2) is 19.8 Å². The Morgan fingerprint density at radius 2 is 2.20 bits per heavy atom. The molecular weight excluding hydrogens is 244 g/mol. The van der Waals surface area contributed by atoms with Crippen LogP contribution in [0.4, 0.5) is 11.4 Å². The molecule has 15 heavy (non-hydrogen) atoms. The predicted octanol–water partition coefficient (Wildman–Crippen LogP) is 0.826. The van der Waals surface area contributed by atoms with Gasteiger partial charge in [-0.1, -0.05) is 11.6 Å². The second-order valence-electron chi connectivity index (χ2n) is 2.57. The van der Waals surface area contributed by atoms with Crippen LogP contribution in [0, 0.1) is 0 Å². The van der Waals surface area contributed by atoms with Crippen LogP contribution in [0.2, 0.25) is 5.02 Å². The number of anilines is 2. The van der Waals surface area contributed by atoms with Gasteiger partial charge in [0.2, 0.25) is 0 Å². The van der Waals surface area contributed by atoms with E-state index in [2.05, 4.69) is 0 Å². The molecule has 0 saturated heterocycles. The van der Waals surface area contributed by atoms with Crippen molar-refractivity contribution in [3.8, 4) is 0 Å². The van der Waals surface area contributed by atoms with Crippen molar-refractivity contribution in [1.82, 2.24) is 0 Å². The van der Waals surface area contributed by atoms with Gasteiger partial charge in [0, 0.05) is 11.3 Å². The second-order valence-corrected chi connectivity index (χ2v) is 3.62. The monoisotopic (exact) mass is 249 g/mol. The molecule has 1 aromatic rings. The number of rotatable bonds is 3. The first-order valence-corrected chi connectivity index (χ1v) is 5.05. The van der Waals surface area contributed by atoms with Crippen LogP contribution >= 0.6 is 11.6 Å². The quantitative estimate of drug-likeness (QED) is 0.542. The van der Waals surface area contributed by atoms with Crippen molar-refractivity contribution >= 4 is 40.2 Å². The molecule has 0 bridgehead atoms. The van der Waals surface area contributed by atoms with E-state index in [1.807, 2.05) is 4.72 Å². The zero-order chi connectivity index (χ0) is 11.6. The van der Waals surface area contributed by atoms with Gasteiger partial charge >= 0.3 is 5.97 Å². The lowest BCUT2D eigenvalue weighted by atomic mass is 10.2. The second kappa shape index (κ2) is 4.47. The van der Waals surface area contributed by atoms with Gasteiger partial charge < -0.3 is 20.1 Å². The predicted molar refractivity (Wildman–Crippen MR) is 55.4 cm³/mol. The molecule has 4 N–H and O–H groups in total. The standard InChI is InChI=1S/C7H7ClN2O4S/c8-6-4(9)1-3(7(11)12)2-5(6)10-15(13)14/h1-2,10H,9H2,(H,11,12)(H,13,14)/p-1. The van der Waals surface area contributed by atoms with Crippen molar-refractivity contribution in [3.63, 3.8) is 0 Å². The summed E-state index contributed by atoms with van der Waals surface area (Å²) in [5.74, 6) is -1.22. The fourth-order valence-electron chi connectivity index (χ4n) is 0.934. The van der Waals surface area contributed by atoms with E-state index in [1.165, 1.54) is 0 Å². The van der Waals surface area contributed by atoms with E-state index < -0.39 is 17.2 Å². The minimum absolute atomic E-state index is 0.00971. The summed E-state index contributed by atoms with van der Waals surface area (Å²) in [6.45, 7) is 0. The molecule has 82 valence electrons. The van der Waals surface area contributed by atoms with Crippen molar-refractivity contribution < 1.29 is 18.7 Å². The number of carboxylic acids is 1. The summed E-state index contributed by atoms with van der Waals surface area (Å²) in [4.78, 5) is 10.6. The van der Waals surface area contributed by atoms with Gasteiger partial charge in [0.05, 0.1) is 22.0 Å². The van der Waals surface area contributed by atoms with Crippen molar-refractivity contribution in [2.45, 2.75) is 0 Å². The Morgan fingerprint density at radius 1 is 1.60 bits per heavy atom. The Bertz CT molecular complexity index is 437. The lowest BCUT2D eigenvalue weighted by Gasteiger charge is -2.12. The summed E-state index contributed by atoms with van der Waals surface area (Å²) in [6, 6.07) is 2.22. The van der Waals surface area contributed by atoms with Crippen LogP contribution in [-0.2, 0) is 11.3 Å². The maximum Gasteiger partial charge on any atom is 0.335 e. The molecule has 8 heteroatoms. The number of hydrogen-bond acceptors (Lipinski definition) is 4. The fourth-order valence-corrected chi connectivity index (χ4v) is 1.49. The highest BCUT2D eigenvalue weighted by molar-refractivity contribution is 7.80. The van der Waals surface area contributed by atoms with Crippen LogP contribution in [0.25, 0.3) is 0 Å². The lowest BCUT2D eigenvalue weighted by molar-refractivity contribution is 0.0697. The smallest absolute Gasteiger partial charge is 0.335 e. The molecule has 0 radical (unpaired) electrons. The zero-order valence-electron chi connectivity index (χ0n) is 7.19. The van der Waals surface area contributed by atoms with Crippen molar-refractivity contribution in [1.29, 1.82) is 0 Å². The molecule has 1 aromatic carbocycles. The number of hydrogen-bond donors (Lipinski definition) is 3. The van der Waals surface area contributed by atoms with Crippen LogP contribution < -0.4 is 10.5 Å². The first-order chi connectivity index (χ1) is 6.91. The molecular formula is C7H6ClN2O4S-. The van der Waals surface area contributed by atoms with Crippen LogP contribution in [0.15, 0.2) is 12.1 Å². The van der Waals surface area contributed by atoms with E-state index in [0.29, 0.717) is 0 Å². The number of aromatic carboxylic acids is 1. The number of halogens is 1. The summed E-state index contributed by atoms with van der Waals surface area (Å²) >= 11 is 3.07. The molecule has 1 atom stereocenters. The van der Waals surface area contributed by atoms with Crippen LogP contribution in [0.3, 0.4) is 0 Å². The molecule has 0 aliphatic carbocycles. The largest absolute Gasteiger partial charge is 0.755 e. The highest BCUT2D eigenvalue weighted by Crippen LogP contribution is 2.30. The van der Waals surface area contributed by atoms with E-state index in [4.69, 9.17) is 22.4 Å². The highest BCUT2D eigenvalue weighted by Gasteiger charge is 2.10. The maximum absolute atomic E-state index is 10.6. The van der Waals surface area contributed by atoms with Gasteiger partial charge in [-0.15, -0.1) is 0 Å². The minimum Gasteiger partial charge on any atom is -0.755 e. The van der Waals surface area contributed by atoms with Gasteiger partial charge in [0.25, 0.3) is 0 Å². The van der Waals surface area contributed by atoms with Crippen molar-refractivity contribution in [2.75, 3.05) is 10.5 Å². The maximum atomic E-state index is 10.6. The fraction of sp³-hybridized carbons (Fsp3) is 0. The summed E-state index contributed by atoms with van der Waals surface area (Å²) in [5.41, 5.74) is 5.17. The molecule has 0 aliphatic rings.